The molecule has 2 atom stereocenters. The van der Waals surface area contributed by atoms with E-state index in [1.165, 1.54) is 6.42 Å². The topological polar surface area (TPSA) is 108 Å². The largest absolute Gasteiger partial charge is 0.508 e. The first-order valence-electron chi connectivity index (χ1n) is 15.8. The van der Waals surface area contributed by atoms with E-state index < -0.39 is 23.8 Å². The number of benzene rings is 2. The molecular weight excluding hydrogens is 542 g/mol. The van der Waals surface area contributed by atoms with E-state index in [-0.39, 0.29) is 30.0 Å². The molecule has 43 heavy (non-hydrogen) atoms. The third-order valence-corrected chi connectivity index (χ3v) is 7.88. The second kappa shape index (κ2) is 15.8. The highest BCUT2D eigenvalue weighted by Gasteiger charge is 2.37. The number of aryl methyl sites for hydroxylation is 2. The zero-order valence-corrected chi connectivity index (χ0v) is 26.9. The lowest BCUT2D eigenvalue weighted by Crippen LogP contribution is -2.54. The van der Waals surface area contributed by atoms with Crippen molar-refractivity contribution in [2.45, 2.75) is 123 Å². The Labute approximate surface area is 257 Å². The van der Waals surface area contributed by atoms with Crippen LogP contribution in [0.4, 0.5) is 4.79 Å². The summed E-state index contributed by atoms with van der Waals surface area (Å²) in [5.41, 5.74) is 2.80. The highest BCUT2D eigenvalue weighted by Crippen LogP contribution is 2.29. The molecule has 0 aromatic heterocycles. The number of nitrogens with zero attached hydrogens (tertiary/aromatic N) is 1. The average Bonchev–Trinajstić information content (AvgIpc) is 2.93. The average molecular weight is 594 g/mol. The molecule has 1 saturated carbocycles. The minimum atomic E-state index is -0.989. The Morgan fingerprint density at radius 3 is 2.28 bits per heavy atom. The lowest BCUT2D eigenvalue weighted by molar-refractivity contribution is -0.143. The smallest absolute Gasteiger partial charge is 0.408 e. The molecule has 0 bridgehead atoms. The summed E-state index contributed by atoms with van der Waals surface area (Å²) in [6.07, 6.45) is 7.23. The fourth-order valence-electron chi connectivity index (χ4n) is 5.73. The number of hydrogen-bond donors (Lipinski definition) is 3. The van der Waals surface area contributed by atoms with E-state index in [2.05, 4.69) is 17.6 Å². The lowest BCUT2D eigenvalue weighted by atomic mass is 9.93. The summed E-state index contributed by atoms with van der Waals surface area (Å²) >= 11 is 0. The van der Waals surface area contributed by atoms with Gasteiger partial charge in [-0.2, -0.15) is 0 Å². The molecule has 0 heterocycles. The Balaban J connectivity index is 2.05. The zero-order chi connectivity index (χ0) is 31.6. The molecule has 0 spiro atoms. The number of aromatic hydroxyl groups is 1. The minimum Gasteiger partial charge on any atom is -0.508 e. The molecule has 1 aliphatic rings. The Hall–Kier alpha value is -3.55. The molecule has 8 heteroatoms. The molecule has 0 radical (unpaired) electrons. The van der Waals surface area contributed by atoms with Gasteiger partial charge in [-0.05, 0) is 82.7 Å². The number of ether oxygens (including phenoxy) is 1. The highest BCUT2D eigenvalue weighted by molar-refractivity contribution is 5.92. The summed E-state index contributed by atoms with van der Waals surface area (Å²) in [6.45, 7) is 11.8. The van der Waals surface area contributed by atoms with Crippen LogP contribution in [0.1, 0.15) is 107 Å². The number of hydrogen-bond acceptors (Lipinski definition) is 5. The summed E-state index contributed by atoms with van der Waals surface area (Å²) in [6, 6.07) is 10.8. The maximum atomic E-state index is 14.6. The van der Waals surface area contributed by atoms with E-state index in [1.54, 1.807) is 49.9 Å². The van der Waals surface area contributed by atoms with Crippen LogP contribution < -0.4 is 10.6 Å². The number of nitrogens with one attached hydrogen (secondary N) is 2. The monoisotopic (exact) mass is 593 g/mol. The van der Waals surface area contributed by atoms with Crippen LogP contribution in [0.25, 0.3) is 0 Å². The third kappa shape index (κ3) is 10.6. The molecule has 3 rings (SSSR count). The Bertz CT molecular complexity index is 1210. The van der Waals surface area contributed by atoms with Gasteiger partial charge in [0.05, 0.1) is 0 Å². The molecule has 1 aliphatic carbocycles. The molecule has 236 valence electrons. The van der Waals surface area contributed by atoms with Crippen molar-refractivity contribution >= 4 is 17.9 Å². The Morgan fingerprint density at radius 1 is 1.00 bits per heavy atom. The SMILES string of the molecule is CCCCCN(C(=O)C(Cc1ccc(O)cc1)NC(=O)OC(C)(C)C)C(C(=O)NC1CCCCC1)c1ccc(C)cc1C. The Morgan fingerprint density at radius 2 is 1.67 bits per heavy atom. The van der Waals surface area contributed by atoms with Crippen LogP contribution in [-0.2, 0) is 20.7 Å². The lowest BCUT2D eigenvalue weighted by Gasteiger charge is -2.36. The second-order valence-electron chi connectivity index (χ2n) is 12.9. The van der Waals surface area contributed by atoms with Crippen LogP contribution in [0.15, 0.2) is 42.5 Å². The summed E-state index contributed by atoms with van der Waals surface area (Å²) in [5, 5.41) is 15.9. The normalized spacial score (nSPS) is 15.3. The van der Waals surface area contributed by atoms with Crippen molar-refractivity contribution in [1.29, 1.82) is 0 Å². The number of unbranched alkanes of at least 4 members (excludes halogenated alkanes) is 2. The molecule has 2 unspecified atom stereocenters. The van der Waals surface area contributed by atoms with Crippen LogP contribution >= 0.6 is 0 Å². The summed E-state index contributed by atoms with van der Waals surface area (Å²) in [5.74, 6) is -0.426. The van der Waals surface area contributed by atoms with Crippen molar-refractivity contribution in [1.82, 2.24) is 15.5 Å². The molecule has 2 aromatic rings. The van der Waals surface area contributed by atoms with Gasteiger partial charge in [0, 0.05) is 19.0 Å². The van der Waals surface area contributed by atoms with E-state index in [0.29, 0.717) is 6.54 Å². The van der Waals surface area contributed by atoms with Gasteiger partial charge < -0.3 is 25.4 Å². The van der Waals surface area contributed by atoms with E-state index in [4.69, 9.17) is 4.74 Å². The van der Waals surface area contributed by atoms with Gasteiger partial charge in [0.25, 0.3) is 0 Å². The number of amides is 3. The van der Waals surface area contributed by atoms with Gasteiger partial charge >= 0.3 is 6.09 Å². The first-order valence-corrected chi connectivity index (χ1v) is 15.8. The fourth-order valence-corrected chi connectivity index (χ4v) is 5.73. The zero-order valence-electron chi connectivity index (χ0n) is 26.9. The van der Waals surface area contributed by atoms with Crippen LogP contribution in [0.3, 0.4) is 0 Å². The first-order chi connectivity index (χ1) is 20.4. The Kier molecular flexibility index (Phi) is 12.5. The van der Waals surface area contributed by atoms with Crippen LogP contribution in [0.2, 0.25) is 0 Å². The molecule has 2 aromatic carbocycles. The van der Waals surface area contributed by atoms with Crippen LogP contribution in [-0.4, -0.2) is 52.1 Å². The van der Waals surface area contributed by atoms with E-state index in [0.717, 1.165) is 67.2 Å². The standard InChI is InChI=1S/C35H51N3O5/c1-7-8-12-21-38(31(29-20-15-24(2)22-25(29)3)32(40)36-27-13-10-9-11-14-27)33(41)30(37-34(42)43-35(4,5)6)23-26-16-18-28(39)19-17-26/h15-20,22,27,30-31,39H,7-14,21,23H2,1-6H3,(H,36,40)(H,37,42). The fraction of sp³-hybridized carbons (Fsp3) is 0.571. The van der Waals surface area contributed by atoms with Gasteiger partial charge in [0.1, 0.15) is 23.4 Å². The first kappa shape index (κ1) is 33.9. The quantitative estimate of drug-likeness (QED) is 0.239. The molecule has 8 nitrogen and oxygen atoms in total. The van der Waals surface area contributed by atoms with Crippen molar-refractivity contribution in [2.75, 3.05) is 6.54 Å². The van der Waals surface area contributed by atoms with E-state index >= 15 is 0 Å². The van der Waals surface area contributed by atoms with Gasteiger partial charge in [0.2, 0.25) is 11.8 Å². The van der Waals surface area contributed by atoms with Gasteiger partial charge in [-0.1, -0.05) is 74.9 Å². The summed E-state index contributed by atoms with van der Waals surface area (Å²) in [4.78, 5) is 43.5. The molecule has 3 N–H and O–H groups in total. The van der Waals surface area contributed by atoms with Crippen molar-refractivity contribution in [3.63, 3.8) is 0 Å². The second-order valence-corrected chi connectivity index (χ2v) is 12.9. The van der Waals surface area contributed by atoms with Crippen LogP contribution in [0, 0.1) is 13.8 Å². The van der Waals surface area contributed by atoms with E-state index in [9.17, 15) is 19.5 Å². The summed E-state index contributed by atoms with van der Waals surface area (Å²) in [7, 11) is 0. The molecule has 0 aliphatic heterocycles. The predicted molar refractivity (Wildman–Crippen MR) is 170 cm³/mol. The number of carbonyl (C=O) groups excluding carboxylic acids is 3. The van der Waals surface area contributed by atoms with E-state index in [1.807, 2.05) is 32.0 Å². The maximum Gasteiger partial charge on any atom is 0.408 e. The predicted octanol–water partition coefficient (Wildman–Crippen LogP) is 6.65. The maximum absolute atomic E-state index is 14.6. The molecule has 0 saturated heterocycles. The van der Waals surface area contributed by atoms with Crippen molar-refractivity contribution < 1.29 is 24.2 Å². The number of carbonyl (C=O) groups is 3. The van der Waals surface area contributed by atoms with Gasteiger partial charge in [-0.15, -0.1) is 0 Å². The minimum absolute atomic E-state index is 0.0785. The van der Waals surface area contributed by atoms with Gasteiger partial charge in [0.15, 0.2) is 0 Å². The van der Waals surface area contributed by atoms with Crippen LogP contribution in [0.5, 0.6) is 5.75 Å². The van der Waals surface area contributed by atoms with Gasteiger partial charge in [-0.25, -0.2) is 4.79 Å². The van der Waals surface area contributed by atoms with Crippen molar-refractivity contribution in [3.8, 4) is 5.75 Å². The van der Waals surface area contributed by atoms with Gasteiger partial charge in [-0.3, -0.25) is 9.59 Å². The molecular formula is C35H51N3O5. The number of phenols is 1. The molecule has 1 fully saturated rings. The number of phenolic OH excluding ortho intramolecular Hbond substituents is 1. The number of alkyl carbamates (subject to hydrolysis) is 1. The summed E-state index contributed by atoms with van der Waals surface area (Å²) < 4.78 is 5.54. The third-order valence-electron chi connectivity index (χ3n) is 7.88. The van der Waals surface area contributed by atoms with Crippen molar-refractivity contribution in [3.05, 3.63) is 64.7 Å². The number of rotatable bonds is 12. The molecule has 3 amide bonds. The highest BCUT2D eigenvalue weighted by atomic mass is 16.6. The van der Waals surface area contributed by atoms with Crippen molar-refractivity contribution in [2.24, 2.45) is 0 Å².